The first-order chi connectivity index (χ1) is 10.4. The van der Waals surface area contributed by atoms with Gasteiger partial charge in [-0.15, -0.1) is 0 Å². The quantitative estimate of drug-likeness (QED) is 0.777. The fourth-order valence-electron chi connectivity index (χ4n) is 1.61. The molecule has 0 amide bonds. The summed E-state index contributed by atoms with van der Waals surface area (Å²) in [7, 11) is -3.94. The number of allylic oxidation sites excluding steroid dienone is 1. The van der Waals surface area contributed by atoms with E-state index in [0.717, 1.165) is 4.47 Å². The van der Waals surface area contributed by atoms with Crippen LogP contribution in [-0.2, 0) is 10.0 Å². The summed E-state index contributed by atoms with van der Waals surface area (Å²) in [5.74, 6) is 0. The van der Waals surface area contributed by atoms with E-state index in [4.69, 9.17) is 16.9 Å². The van der Waals surface area contributed by atoms with Gasteiger partial charge < -0.3 is 0 Å². The van der Waals surface area contributed by atoms with Crippen LogP contribution in [0.2, 0.25) is 5.02 Å². The second-order valence-electron chi connectivity index (χ2n) is 4.28. The zero-order chi connectivity index (χ0) is 16.2. The van der Waals surface area contributed by atoms with Crippen molar-refractivity contribution in [3.8, 4) is 6.07 Å². The maximum Gasteiger partial charge on any atom is 0.272 e. The van der Waals surface area contributed by atoms with E-state index in [1.54, 1.807) is 54.6 Å². The van der Waals surface area contributed by atoms with Crippen molar-refractivity contribution in [2.75, 3.05) is 4.72 Å². The van der Waals surface area contributed by atoms with Gasteiger partial charge in [0.1, 0.15) is 6.07 Å². The molecule has 22 heavy (non-hydrogen) atoms. The summed E-state index contributed by atoms with van der Waals surface area (Å²) in [6, 6.07) is 14.8. The molecule has 0 aromatic heterocycles. The van der Waals surface area contributed by atoms with Crippen molar-refractivity contribution in [3.63, 3.8) is 0 Å². The SMILES string of the molecule is N#CC(=Cc1ccc(Cl)cc1)S(=O)(=O)Nc1ccc(Br)cc1. The number of halogens is 2. The second kappa shape index (κ2) is 6.97. The Kier molecular flexibility index (Phi) is 5.24. The molecule has 0 heterocycles. The van der Waals surface area contributed by atoms with Gasteiger partial charge in [0, 0.05) is 15.2 Å². The maximum atomic E-state index is 12.2. The van der Waals surface area contributed by atoms with E-state index < -0.39 is 10.0 Å². The van der Waals surface area contributed by atoms with E-state index in [0.29, 0.717) is 16.3 Å². The summed E-state index contributed by atoms with van der Waals surface area (Å²) in [4.78, 5) is -0.377. The lowest BCUT2D eigenvalue weighted by atomic mass is 10.2. The molecule has 0 bridgehead atoms. The van der Waals surface area contributed by atoms with Crippen molar-refractivity contribution in [1.82, 2.24) is 0 Å². The number of hydrogen-bond donors (Lipinski definition) is 1. The average Bonchev–Trinajstić information content (AvgIpc) is 2.48. The monoisotopic (exact) mass is 396 g/mol. The highest BCUT2D eigenvalue weighted by Gasteiger charge is 2.17. The van der Waals surface area contributed by atoms with Crippen molar-refractivity contribution in [3.05, 3.63) is 68.5 Å². The van der Waals surface area contributed by atoms with Gasteiger partial charge in [0.05, 0.1) is 0 Å². The Hall–Kier alpha value is -1.81. The van der Waals surface area contributed by atoms with Crippen LogP contribution in [0.15, 0.2) is 57.9 Å². The minimum atomic E-state index is -3.94. The topological polar surface area (TPSA) is 70.0 Å². The third kappa shape index (κ3) is 4.34. The van der Waals surface area contributed by atoms with Crippen LogP contribution in [0.4, 0.5) is 5.69 Å². The van der Waals surface area contributed by atoms with E-state index in [1.165, 1.54) is 6.08 Å². The van der Waals surface area contributed by atoms with Crippen LogP contribution in [0.1, 0.15) is 5.56 Å². The van der Waals surface area contributed by atoms with Crippen molar-refractivity contribution in [2.45, 2.75) is 0 Å². The van der Waals surface area contributed by atoms with Crippen molar-refractivity contribution in [1.29, 1.82) is 5.26 Å². The summed E-state index contributed by atoms with van der Waals surface area (Å²) in [5, 5.41) is 9.66. The summed E-state index contributed by atoms with van der Waals surface area (Å²) < 4.78 is 27.7. The molecule has 0 radical (unpaired) electrons. The average molecular weight is 398 g/mol. The highest BCUT2D eigenvalue weighted by molar-refractivity contribution is 9.10. The van der Waals surface area contributed by atoms with Crippen LogP contribution in [0.5, 0.6) is 0 Å². The molecule has 1 N–H and O–H groups in total. The molecule has 0 fully saturated rings. The summed E-state index contributed by atoms with van der Waals surface area (Å²) in [5.41, 5.74) is 0.947. The molecule has 4 nitrogen and oxygen atoms in total. The molecule has 0 spiro atoms. The number of anilines is 1. The number of nitrogens with one attached hydrogen (secondary N) is 1. The standard InChI is InChI=1S/C15H10BrClN2O2S/c16-12-3-7-14(8-4-12)19-22(20,21)15(10-18)9-11-1-5-13(17)6-2-11/h1-9,19H. The van der Waals surface area contributed by atoms with Gasteiger partial charge in [-0.2, -0.15) is 5.26 Å². The van der Waals surface area contributed by atoms with Crippen LogP contribution in [0.25, 0.3) is 6.08 Å². The third-order valence-corrected chi connectivity index (χ3v) is 4.74. The fraction of sp³-hybridized carbons (Fsp3) is 0. The molecule has 0 atom stereocenters. The van der Waals surface area contributed by atoms with Crippen LogP contribution < -0.4 is 4.72 Å². The number of benzene rings is 2. The lowest BCUT2D eigenvalue weighted by Gasteiger charge is -2.07. The molecule has 0 saturated heterocycles. The van der Waals surface area contributed by atoms with Gasteiger partial charge in [-0.3, -0.25) is 4.72 Å². The zero-order valence-corrected chi connectivity index (χ0v) is 14.3. The van der Waals surface area contributed by atoms with Crippen LogP contribution in [0.3, 0.4) is 0 Å². The first-order valence-corrected chi connectivity index (χ1v) is 8.72. The van der Waals surface area contributed by atoms with E-state index in [2.05, 4.69) is 20.7 Å². The van der Waals surface area contributed by atoms with Crippen molar-refractivity contribution in [2.24, 2.45) is 0 Å². The number of nitriles is 1. The molecule has 112 valence electrons. The lowest BCUT2D eigenvalue weighted by Crippen LogP contribution is -2.14. The molecule has 0 unspecified atom stereocenters. The van der Waals surface area contributed by atoms with Gasteiger partial charge >= 0.3 is 0 Å². The predicted molar refractivity (Wildman–Crippen MR) is 91.7 cm³/mol. The molecule has 2 aromatic rings. The Morgan fingerprint density at radius 2 is 1.73 bits per heavy atom. The van der Waals surface area contributed by atoms with Gasteiger partial charge in [-0.05, 0) is 48.0 Å². The Bertz CT molecular complexity index is 839. The maximum absolute atomic E-state index is 12.2. The highest BCUT2D eigenvalue weighted by atomic mass is 79.9. The van der Waals surface area contributed by atoms with E-state index >= 15 is 0 Å². The first-order valence-electron chi connectivity index (χ1n) is 6.06. The number of nitrogens with zero attached hydrogens (tertiary/aromatic N) is 1. The third-order valence-electron chi connectivity index (χ3n) is 2.66. The molecule has 2 rings (SSSR count). The molecular weight excluding hydrogens is 388 g/mol. The fourth-order valence-corrected chi connectivity index (χ4v) is 2.97. The van der Waals surface area contributed by atoms with Crippen molar-refractivity contribution < 1.29 is 8.42 Å². The Morgan fingerprint density at radius 1 is 1.14 bits per heavy atom. The normalized spacial score (nSPS) is 11.8. The Labute approximate surface area is 142 Å². The van der Waals surface area contributed by atoms with E-state index in [9.17, 15) is 8.42 Å². The number of hydrogen-bond acceptors (Lipinski definition) is 3. The molecule has 0 aliphatic heterocycles. The first kappa shape index (κ1) is 16.6. The van der Waals surface area contributed by atoms with Gasteiger partial charge in [0.25, 0.3) is 10.0 Å². The van der Waals surface area contributed by atoms with E-state index in [1.807, 2.05) is 0 Å². The number of rotatable bonds is 4. The van der Waals surface area contributed by atoms with E-state index in [-0.39, 0.29) is 4.91 Å². The summed E-state index contributed by atoms with van der Waals surface area (Å²) >= 11 is 9.04. The minimum Gasteiger partial charge on any atom is -0.279 e. The van der Waals surface area contributed by atoms with Crippen LogP contribution in [0, 0.1) is 11.3 Å². The Balaban J connectivity index is 2.31. The van der Waals surface area contributed by atoms with Gasteiger partial charge in [0.2, 0.25) is 0 Å². The summed E-state index contributed by atoms with van der Waals surface area (Å²) in [6.07, 6.45) is 1.29. The van der Waals surface area contributed by atoms with Gasteiger partial charge in [-0.25, -0.2) is 8.42 Å². The van der Waals surface area contributed by atoms with Gasteiger partial charge in [0.15, 0.2) is 4.91 Å². The van der Waals surface area contributed by atoms with Crippen molar-refractivity contribution >= 4 is 49.3 Å². The molecule has 2 aromatic carbocycles. The Morgan fingerprint density at radius 3 is 2.27 bits per heavy atom. The predicted octanol–water partition coefficient (Wildman–Crippen LogP) is 4.41. The largest absolute Gasteiger partial charge is 0.279 e. The van der Waals surface area contributed by atoms with Gasteiger partial charge in [-0.1, -0.05) is 39.7 Å². The zero-order valence-electron chi connectivity index (χ0n) is 11.1. The number of sulfonamides is 1. The molecule has 0 aliphatic carbocycles. The smallest absolute Gasteiger partial charge is 0.272 e. The lowest BCUT2D eigenvalue weighted by molar-refractivity contribution is 0.608. The van der Waals surface area contributed by atoms with Crippen LogP contribution >= 0.6 is 27.5 Å². The highest BCUT2D eigenvalue weighted by Crippen LogP contribution is 2.19. The molecule has 0 saturated carbocycles. The minimum absolute atomic E-state index is 0.375. The molecule has 7 heteroatoms. The summed E-state index contributed by atoms with van der Waals surface area (Å²) in [6.45, 7) is 0. The molecular formula is C15H10BrClN2O2S. The van der Waals surface area contributed by atoms with Crippen LogP contribution in [-0.4, -0.2) is 8.42 Å². The molecule has 0 aliphatic rings. The second-order valence-corrected chi connectivity index (χ2v) is 7.29.